The van der Waals surface area contributed by atoms with Gasteiger partial charge in [0.1, 0.15) is 11.6 Å². The predicted molar refractivity (Wildman–Crippen MR) is 135 cm³/mol. The summed E-state index contributed by atoms with van der Waals surface area (Å²) in [6.45, 7) is 6.08. The maximum atomic E-state index is 14.4. The zero-order valence-corrected chi connectivity index (χ0v) is 21.5. The van der Waals surface area contributed by atoms with Gasteiger partial charge >= 0.3 is 0 Å². The van der Waals surface area contributed by atoms with Crippen molar-refractivity contribution in [2.24, 2.45) is 5.14 Å². The molecule has 3 aromatic heterocycles. The van der Waals surface area contributed by atoms with Gasteiger partial charge in [0, 0.05) is 23.9 Å². The first-order valence-electron chi connectivity index (χ1n) is 11.7. The van der Waals surface area contributed by atoms with Crippen LogP contribution in [-0.2, 0) is 16.6 Å². The summed E-state index contributed by atoms with van der Waals surface area (Å²) in [4.78, 5) is 9.05. The molecule has 0 radical (unpaired) electrons. The molecule has 4 aromatic rings. The van der Waals surface area contributed by atoms with E-state index in [4.69, 9.17) is 10.1 Å². The first-order chi connectivity index (χ1) is 17.6. The standard InChI is InChI=1S/C25H27F2N7O2S/c1-4-15(2)18-10-21(24-19(26)6-5-7-20(24)27)32-33-25(18)16(3)22-12-29-13-23(31-22)17-11-30-34(14-17)8-9-37(28,35)36/h5-7,10-16H,4,8-9H2,1-3H3,(H2,28,35,36)/t15-,16?/m0/s1. The van der Waals surface area contributed by atoms with Crippen LogP contribution in [0.5, 0.6) is 0 Å². The van der Waals surface area contributed by atoms with E-state index in [9.17, 15) is 17.2 Å². The molecule has 3 heterocycles. The Morgan fingerprint density at radius 2 is 1.78 bits per heavy atom. The van der Waals surface area contributed by atoms with E-state index in [1.807, 2.05) is 20.8 Å². The Morgan fingerprint density at radius 3 is 2.46 bits per heavy atom. The number of hydrogen-bond acceptors (Lipinski definition) is 7. The summed E-state index contributed by atoms with van der Waals surface area (Å²) in [5, 5.41) is 17.8. The van der Waals surface area contributed by atoms with Crippen LogP contribution in [0.25, 0.3) is 22.5 Å². The second-order valence-corrected chi connectivity index (χ2v) is 10.6. The summed E-state index contributed by atoms with van der Waals surface area (Å²) >= 11 is 0. The van der Waals surface area contributed by atoms with Crippen LogP contribution < -0.4 is 5.14 Å². The van der Waals surface area contributed by atoms with Crippen LogP contribution in [0.3, 0.4) is 0 Å². The van der Waals surface area contributed by atoms with Crippen molar-refractivity contribution in [3.8, 4) is 22.5 Å². The number of sulfonamides is 1. The fraction of sp³-hybridized carbons (Fsp3) is 0.320. The number of nitrogens with two attached hydrogens (primary N) is 1. The molecule has 194 valence electrons. The van der Waals surface area contributed by atoms with Crippen LogP contribution >= 0.6 is 0 Å². The molecule has 0 aliphatic rings. The van der Waals surface area contributed by atoms with Crippen molar-refractivity contribution in [3.63, 3.8) is 0 Å². The largest absolute Gasteiger partial charge is 0.271 e. The number of primary sulfonamides is 1. The van der Waals surface area contributed by atoms with Gasteiger partial charge in [-0.2, -0.15) is 15.3 Å². The molecular weight excluding hydrogens is 500 g/mol. The van der Waals surface area contributed by atoms with E-state index in [0.717, 1.165) is 12.0 Å². The highest BCUT2D eigenvalue weighted by atomic mass is 32.2. The molecule has 1 unspecified atom stereocenters. The minimum atomic E-state index is -3.61. The number of rotatable bonds is 9. The second kappa shape index (κ2) is 10.8. The van der Waals surface area contributed by atoms with E-state index < -0.39 is 21.7 Å². The number of aryl methyl sites for hydroxylation is 1. The molecule has 0 fully saturated rings. The van der Waals surface area contributed by atoms with Gasteiger partial charge in [-0.05, 0) is 36.1 Å². The zero-order valence-electron chi connectivity index (χ0n) is 20.6. The first kappa shape index (κ1) is 26.4. The van der Waals surface area contributed by atoms with Crippen molar-refractivity contribution in [3.05, 3.63) is 77.6 Å². The molecule has 4 rings (SSSR count). The van der Waals surface area contributed by atoms with Gasteiger partial charge in [0.2, 0.25) is 10.0 Å². The molecular formula is C25H27F2N7O2S. The molecule has 0 amide bonds. The Hall–Kier alpha value is -3.64. The van der Waals surface area contributed by atoms with Crippen molar-refractivity contribution in [2.45, 2.75) is 45.6 Å². The Balaban J connectivity index is 1.68. The van der Waals surface area contributed by atoms with Gasteiger partial charge in [0.15, 0.2) is 0 Å². The van der Waals surface area contributed by atoms with E-state index in [-0.39, 0.29) is 35.4 Å². The van der Waals surface area contributed by atoms with Gasteiger partial charge in [-0.3, -0.25) is 9.67 Å². The maximum absolute atomic E-state index is 14.4. The van der Waals surface area contributed by atoms with Crippen molar-refractivity contribution in [1.29, 1.82) is 0 Å². The molecule has 37 heavy (non-hydrogen) atoms. The highest BCUT2D eigenvalue weighted by Gasteiger charge is 2.23. The average molecular weight is 528 g/mol. The van der Waals surface area contributed by atoms with Gasteiger partial charge in [-0.25, -0.2) is 27.3 Å². The molecule has 2 atom stereocenters. The van der Waals surface area contributed by atoms with E-state index in [0.29, 0.717) is 22.6 Å². The first-order valence-corrected chi connectivity index (χ1v) is 13.5. The van der Waals surface area contributed by atoms with Crippen molar-refractivity contribution >= 4 is 10.0 Å². The Morgan fingerprint density at radius 1 is 1.05 bits per heavy atom. The van der Waals surface area contributed by atoms with Gasteiger partial charge in [0.25, 0.3) is 0 Å². The molecule has 0 saturated heterocycles. The van der Waals surface area contributed by atoms with Crippen LogP contribution in [0.15, 0.2) is 49.1 Å². The van der Waals surface area contributed by atoms with E-state index >= 15 is 0 Å². The van der Waals surface area contributed by atoms with Crippen molar-refractivity contribution in [1.82, 2.24) is 29.9 Å². The minimum Gasteiger partial charge on any atom is -0.271 e. The third-order valence-corrected chi connectivity index (χ3v) is 7.01. The van der Waals surface area contributed by atoms with E-state index in [1.54, 1.807) is 30.9 Å². The van der Waals surface area contributed by atoms with Crippen molar-refractivity contribution < 1.29 is 17.2 Å². The molecule has 0 aliphatic heterocycles. The van der Waals surface area contributed by atoms with Gasteiger partial charge in [-0.15, -0.1) is 0 Å². The molecule has 9 nitrogen and oxygen atoms in total. The van der Waals surface area contributed by atoms with E-state index in [1.165, 1.54) is 22.9 Å². The monoisotopic (exact) mass is 527 g/mol. The fourth-order valence-electron chi connectivity index (χ4n) is 3.94. The summed E-state index contributed by atoms with van der Waals surface area (Å²) in [5.41, 5.74) is 3.23. The Bertz CT molecular complexity index is 1500. The molecule has 0 bridgehead atoms. The zero-order chi connectivity index (χ0) is 26.7. The van der Waals surface area contributed by atoms with Gasteiger partial charge < -0.3 is 0 Å². The van der Waals surface area contributed by atoms with Crippen LogP contribution in [0.1, 0.15) is 56.0 Å². The number of halogens is 2. The number of nitrogens with zero attached hydrogens (tertiary/aromatic N) is 6. The quantitative estimate of drug-likeness (QED) is 0.348. The highest BCUT2D eigenvalue weighted by molar-refractivity contribution is 7.89. The van der Waals surface area contributed by atoms with Crippen LogP contribution in [0.2, 0.25) is 0 Å². The lowest BCUT2D eigenvalue weighted by Gasteiger charge is -2.19. The summed E-state index contributed by atoms with van der Waals surface area (Å²) in [5.74, 6) is -1.90. The van der Waals surface area contributed by atoms with Crippen LogP contribution in [0, 0.1) is 11.6 Å². The minimum absolute atomic E-state index is 0.0507. The van der Waals surface area contributed by atoms with Gasteiger partial charge in [0.05, 0.1) is 53.0 Å². The van der Waals surface area contributed by atoms with Crippen LogP contribution in [0.4, 0.5) is 8.78 Å². The fourth-order valence-corrected chi connectivity index (χ4v) is 4.38. The lowest BCUT2D eigenvalue weighted by molar-refractivity contribution is 0.582. The summed E-state index contributed by atoms with van der Waals surface area (Å²) in [6.07, 6.45) is 7.25. The normalized spacial score (nSPS) is 13.5. The maximum Gasteiger partial charge on any atom is 0.210 e. The Kier molecular flexibility index (Phi) is 7.69. The third kappa shape index (κ3) is 6.03. The number of hydrogen-bond donors (Lipinski definition) is 1. The lowest BCUT2D eigenvalue weighted by atomic mass is 9.90. The summed E-state index contributed by atoms with van der Waals surface area (Å²) < 4.78 is 52.8. The smallest absolute Gasteiger partial charge is 0.210 e. The third-order valence-electron chi connectivity index (χ3n) is 6.26. The van der Waals surface area contributed by atoms with Gasteiger partial charge in [-0.1, -0.05) is 26.8 Å². The number of aromatic nitrogens is 6. The highest BCUT2D eigenvalue weighted by Crippen LogP contribution is 2.33. The molecule has 0 aliphatic carbocycles. The lowest BCUT2D eigenvalue weighted by Crippen LogP contribution is -2.20. The van der Waals surface area contributed by atoms with Crippen molar-refractivity contribution in [2.75, 3.05) is 5.75 Å². The molecule has 2 N–H and O–H groups in total. The number of benzene rings is 1. The molecule has 12 heteroatoms. The van der Waals surface area contributed by atoms with E-state index in [2.05, 4.69) is 20.3 Å². The molecule has 0 saturated carbocycles. The summed E-state index contributed by atoms with van der Waals surface area (Å²) in [7, 11) is -3.61. The van der Waals surface area contributed by atoms with Crippen LogP contribution in [-0.4, -0.2) is 44.1 Å². The Labute approximate surface area is 213 Å². The molecule has 0 spiro atoms. The molecule has 1 aromatic carbocycles. The SMILES string of the molecule is CC[C@H](C)c1cc(-c2c(F)cccc2F)nnc1C(C)c1cncc(-c2cnn(CCS(N)(=O)=O)c2)n1. The summed E-state index contributed by atoms with van der Waals surface area (Å²) in [6, 6.07) is 5.39. The second-order valence-electron chi connectivity index (χ2n) is 8.89. The predicted octanol–water partition coefficient (Wildman–Crippen LogP) is 4.03. The average Bonchev–Trinajstić information content (AvgIpc) is 3.35. The topological polar surface area (TPSA) is 130 Å².